The predicted octanol–water partition coefficient (Wildman–Crippen LogP) is 3.08. The number of carbonyl (C=O) groups excluding carboxylic acids is 1. The number of benzene rings is 1. The number of morpholine rings is 1. The molecule has 2 rings (SSSR count). The molecule has 1 aliphatic rings. The van der Waals surface area contributed by atoms with E-state index >= 15 is 0 Å². The fourth-order valence-electron chi connectivity index (χ4n) is 2.11. The van der Waals surface area contributed by atoms with Crippen LogP contribution in [0, 0.1) is 5.82 Å². The molecule has 1 saturated heterocycles. The van der Waals surface area contributed by atoms with Gasteiger partial charge in [-0.25, -0.2) is 4.39 Å². The number of hydrogen-bond acceptors (Lipinski definition) is 3. The van der Waals surface area contributed by atoms with Gasteiger partial charge in [0.25, 0.3) is 0 Å². The van der Waals surface area contributed by atoms with E-state index in [0.29, 0.717) is 13.2 Å². The Morgan fingerprint density at radius 3 is 2.89 bits per heavy atom. The topological polar surface area (TPSA) is 38.3 Å². The Morgan fingerprint density at radius 1 is 1.47 bits per heavy atom. The van der Waals surface area contributed by atoms with E-state index in [1.165, 1.54) is 6.07 Å². The summed E-state index contributed by atoms with van der Waals surface area (Å²) < 4.78 is 18.7. The maximum absolute atomic E-state index is 13.4. The highest BCUT2D eigenvalue weighted by Crippen LogP contribution is 2.28. The molecule has 1 aliphatic heterocycles. The van der Waals surface area contributed by atoms with E-state index in [1.54, 1.807) is 0 Å². The third-order valence-electron chi connectivity index (χ3n) is 2.96. The van der Waals surface area contributed by atoms with Gasteiger partial charge in [-0.1, -0.05) is 23.2 Å². The van der Waals surface area contributed by atoms with Crippen LogP contribution >= 0.6 is 23.2 Å². The van der Waals surface area contributed by atoms with Gasteiger partial charge in [0.2, 0.25) is 0 Å². The van der Waals surface area contributed by atoms with Crippen molar-refractivity contribution in [2.75, 3.05) is 13.2 Å². The summed E-state index contributed by atoms with van der Waals surface area (Å²) >= 11 is 11.7. The first-order chi connectivity index (χ1) is 8.99. The van der Waals surface area contributed by atoms with Crippen molar-refractivity contribution in [3.63, 3.8) is 0 Å². The van der Waals surface area contributed by atoms with Crippen LogP contribution in [0.5, 0.6) is 0 Å². The van der Waals surface area contributed by atoms with Crippen molar-refractivity contribution in [1.29, 1.82) is 0 Å². The first-order valence-electron chi connectivity index (χ1n) is 5.99. The van der Waals surface area contributed by atoms with Crippen LogP contribution in [-0.2, 0) is 4.74 Å². The highest BCUT2D eigenvalue weighted by molar-refractivity contribution is 6.39. The summed E-state index contributed by atoms with van der Waals surface area (Å²) in [4.78, 5) is 12.2. The molecule has 6 heteroatoms. The molecule has 104 valence electrons. The highest BCUT2D eigenvalue weighted by atomic mass is 35.5. The van der Waals surface area contributed by atoms with Crippen LogP contribution in [0.25, 0.3) is 0 Å². The average Bonchev–Trinajstić information content (AvgIpc) is 2.34. The molecule has 1 N–H and O–H groups in total. The van der Waals surface area contributed by atoms with Crippen molar-refractivity contribution < 1.29 is 13.9 Å². The predicted molar refractivity (Wildman–Crippen MR) is 72.6 cm³/mol. The number of hydrogen-bond donors (Lipinski definition) is 1. The van der Waals surface area contributed by atoms with Crippen molar-refractivity contribution in [3.05, 3.63) is 33.6 Å². The van der Waals surface area contributed by atoms with Gasteiger partial charge in [-0.3, -0.25) is 4.79 Å². The van der Waals surface area contributed by atoms with Gasteiger partial charge in [-0.05, 0) is 19.1 Å². The zero-order valence-electron chi connectivity index (χ0n) is 10.4. The molecule has 0 bridgehead atoms. The lowest BCUT2D eigenvalue weighted by Crippen LogP contribution is -2.48. The molecule has 0 spiro atoms. The fourth-order valence-corrected chi connectivity index (χ4v) is 2.69. The number of Topliss-reactive ketones (excluding diaryl/α,β-unsaturated/α-hetero) is 1. The monoisotopic (exact) mass is 305 g/mol. The molecule has 2 atom stereocenters. The number of halogens is 3. The maximum atomic E-state index is 13.4. The summed E-state index contributed by atoms with van der Waals surface area (Å²) in [7, 11) is 0. The summed E-state index contributed by atoms with van der Waals surface area (Å²) in [5, 5.41) is 3.19. The first-order valence-corrected chi connectivity index (χ1v) is 6.75. The lowest BCUT2D eigenvalue weighted by molar-refractivity contribution is 0.0463. The van der Waals surface area contributed by atoms with Gasteiger partial charge in [0.05, 0.1) is 28.8 Å². The van der Waals surface area contributed by atoms with Gasteiger partial charge >= 0.3 is 0 Å². The quantitative estimate of drug-likeness (QED) is 0.689. The normalized spacial score (nSPS) is 23.4. The summed E-state index contributed by atoms with van der Waals surface area (Å²) in [5.41, 5.74) is 0.0448. The molecule has 1 aromatic carbocycles. The van der Waals surface area contributed by atoms with Gasteiger partial charge in [-0.2, -0.15) is 0 Å². The van der Waals surface area contributed by atoms with Crippen molar-refractivity contribution in [2.45, 2.75) is 25.4 Å². The molecule has 0 amide bonds. The minimum atomic E-state index is -0.643. The van der Waals surface area contributed by atoms with E-state index in [0.717, 1.165) is 6.07 Å². The molecule has 1 fully saturated rings. The van der Waals surface area contributed by atoms with Gasteiger partial charge in [0.1, 0.15) is 5.82 Å². The van der Waals surface area contributed by atoms with Crippen molar-refractivity contribution in [2.24, 2.45) is 0 Å². The molecular formula is C13H14Cl2FNO2. The zero-order chi connectivity index (χ0) is 14.0. The first kappa shape index (κ1) is 14.7. The van der Waals surface area contributed by atoms with E-state index in [4.69, 9.17) is 27.9 Å². The van der Waals surface area contributed by atoms with Gasteiger partial charge in [0, 0.05) is 18.5 Å². The fraction of sp³-hybridized carbons (Fsp3) is 0.462. The molecule has 1 heterocycles. The van der Waals surface area contributed by atoms with E-state index in [-0.39, 0.29) is 39.9 Å². The Hall–Kier alpha value is -0.680. The summed E-state index contributed by atoms with van der Waals surface area (Å²) in [5.74, 6) is -0.930. The second-order valence-electron chi connectivity index (χ2n) is 4.65. The van der Waals surface area contributed by atoms with E-state index in [9.17, 15) is 9.18 Å². The maximum Gasteiger partial charge on any atom is 0.167 e. The van der Waals surface area contributed by atoms with Crippen LogP contribution in [0.1, 0.15) is 23.7 Å². The minimum absolute atomic E-state index is 0.0448. The third-order valence-corrected chi connectivity index (χ3v) is 3.65. The van der Waals surface area contributed by atoms with Crippen LogP contribution in [0.3, 0.4) is 0 Å². The average molecular weight is 306 g/mol. The molecule has 0 aliphatic carbocycles. The number of rotatable bonds is 3. The number of ketones is 1. The Morgan fingerprint density at radius 2 is 2.21 bits per heavy atom. The van der Waals surface area contributed by atoms with Crippen molar-refractivity contribution in [1.82, 2.24) is 5.32 Å². The molecule has 3 nitrogen and oxygen atoms in total. The Kier molecular flexibility index (Phi) is 4.79. The molecular weight excluding hydrogens is 292 g/mol. The Labute approximate surface area is 121 Å². The van der Waals surface area contributed by atoms with Gasteiger partial charge in [0.15, 0.2) is 5.78 Å². The molecule has 0 aromatic heterocycles. The summed E-state index contributed by atoms with van der Waals surface area (Å²) in [6.45, 7) is 3.03. The summed E-state index contributed by atoms with van der Waals surface area (Å²) in [6.07, 6.45) is 0.174. The molecule has 2 unspecified atom stereocenters. The standard InChI is InChI=1S/C13H14Cl2FNO2/c1-7-5-19-6-8(17-7)4-11(18)12-9(14)2-3-10(16)13(12)15/h2-3,7-8,17H,4-6H2,1H3. The largest absolute Gasteiger partial charge is 0.378 e. The molecule has 0 radical (unpaired) electrons. The second kappa shape index (κ2) is 6.18. The summed E-state index contributed by atoms with van der Waals surface area (Å²) in [6, 6.07) is 2.56. The Bertz CT molecular complexity index is 496. The number of carbonyl (C=O) groups is 1. The van der Waals surface area contributed by atoms with Crippen molar-refractivity contribution >= 4 is 29.0 Å². The van der Waals surface area contributed by atoms with Crippen LogP contribution in [0.2, 0.25) is 10.0 Å². The molecule has 0 saturated carbocycles. The lowest BCUT2D eigenvalue weighted by atomic mass is 10.0. The van der Waals surface area contributed by atoms with E-state index in [1.807, 2.05) is 6.92 Å². The van der Waals surface area contributed by atoms with Crippen LogP contribution in [-0.4, -0.2) is 31.1 Å². The molecule has 1 aromatic rings. The highest BCUT2D eigenvalue weighted by Gasteiger charge is 2.24. The smallest absolute Gasteiger partial charge is 0.167 e. The van der Waals surface area contributed by atoms with Gasteiger partial charge < -0.3 is 10.1 Å². The number of ether oxygens (including phenoxy) is 1. The van der Waals surface area contributed by atoms with Crippen LogP contribution in [0.15, 0.2) is 12.1 Å². The third kappa shape index (κ3) is 3.45. The van der Waals surface area contributed by atoms with Gasteiger partial charge in [-0.15, -0.1) is 0 Å². The Balaban J connectivity index is 2.14. The SMILES string of the molecule is CC1COCC(CC(=O)c2c(Cl)ccc(F)c2Cl)N1. The minimum Gasteiger partial charge on any atom is -0.378 e. The van der Waals surface area contributed by atoms with Crippen LogP contribution in [0.4, 0.5) is 4.39 Å². The second-order valence-corrected chi connectivity index (χ2v) is 5.43. The van der Waals surface area contributed by atoms with Crippen LogP contribution < -0.4 is 5.32 Å². The molecule has 19 heavy (non-hydrogen) atoms. The van der Waals surface area contributed by atoms with Crippen molar-refractivity contribution in [3.8, 4) is 0 Å². The zero-order valence-corrected chi connectivity index (χ0v) is 11.9. The number of nitrogens with one attached hydrogen (secondary N) is 1. The van der Waals surface area contributed by atoms with E-state index in [2.05, 4.69) is 5.32 Å². The lowest BCUT2D eigenvalue weighted by Gasteiger charge is -2.28. The van der Waals surface area contributed by atoms with E-state index < -0.39 is 5.82 Å².